The number of nitrogens with one attached hydrogen (secondary N) is 1. The summed E-state index contributed by atoms with van der Waals surface area (Å²) in [7, 11) is 0. The van der Waals surface area contributed by atoms with E-state index in [0.717, 1.165) is 25.9 Å². The number of nitrogens with zero attached hydrogens (tertiary/aromatic N) is 2. The van der Waals surface area contributed by atoms with Crippen LogP contribution in [-0.2, 0) is 9.53 Å². The van der Waals surface area contributed by atoms with Crippen molar-refractivity contribution >= 4 is 11.9 Å². The first-order chi connectivity index (χ1) is 9.59. The lowest BCUT2D eigenvalue weighted by Crippen LogP contribution is -2.55. The van der Waals surface area contributed by atoms with Gasteiger partial charge in [-0.1, -0.05) is 13.8 Å². The number of hydrogen-bond donors (Lipinski definition) is 1. The SMILES string of the molecule is CC(C)[C@@H](NC(=O)N1CCOCC1)C(=O)N1CCCC1. The average molecular weight is 283 g/mol. The van der Waals surface area contributed by atoms with Gasteiger partial charge >= 0.3 is 6.03 Å². The van der Waals surface area contributed by atoms with Crippen LogP contribution >= 0.6 is 0 Å². The van der Waals surface area contributed by atoms with Crippen molar-refractivity contribution in [1.29, 1.82) is 0 Å². The first kappa shape index (κ1) is 15.1. The molecule has 0 radical (unpaired) electrons. The second kappa shape index (κ2) is 6.92. The number of carbonyl (C=O) groups excluding carboxylic acids is 2. The van der Waals surface area contributed by atoms with Crippen molar-refractivity contribution in [1.82, 2.24) is 15.1 Å². The molecular weight excluding hydrogens is 258 g/mol. The van der Waals surface area contributed by atoms with E-state index < -0.39 is 6.04 Å². The molecule has 0 aliphatic carbocycles. The Kier molecular flexibility index (Phi) is 5.23. The second-order valence-electron chi connectivity index (χ2n) is 5.80. The zero-order valence-electron chi connectivity index (χ0n) is 12.4. The summed E-state index contributed by atoms with van der Waals surface area (Å²) in [4.78, 5) is 28.3. The van der Waals surface area contributed by atoms with Gasteiger partial charge in [-0.05, 0) is 18.8 Å². The Labute approximate surface area is 120 Å². The third-order valence-electron chi connectivity index (χ3n) is 3.93. The van der Waals surface area contributed by atoms with E-state index in [1.807, 2.05) is 18.7 Å². The van der Waals surface area contributed by atoms with Crippen molar-refractivity contribution in [2.75, 3.05) is 39.4 Å². The third kappa shape index (κ3) is 3.62. The normalized spacial score (nSPS) is 21.1. The summed E-state index contributed by atoms with van der Waals surface area (Å²) in [6.45, 7) is 7.89. The fourth-order valence-corrected chi connectivity index (χ4v) is 2.64. The monoisotopic (exact) mass is 283 g/mol. The molecule has 114 valence electrons. The van der Waals surface area contributed by atoms with Gasteiger partial charge in [0, 0.05) is 26.2 Å². The van der Waals surface area contributed by atoms with Gasteiger partial charge in [0.05, 0.1) is 13.2 Å². The topological polar surface area (TPSA) is 61.9 Å². The Morgan fingerprint density at radius 3 is 2.15 bits per heavy atom. The van der Waals surface area contributed by atoms with Crippen LogP contribution in [0.5, 0.6) is 0 Å². The minimum atomic E-state index is -0.427. The number of ether oxygens (including phenoxy) is 1. The quantitative estimate of drug-likeness (QED) is 0.828. The number of likely N-dealkylation sites (tertiary alicyclic amines) is 1. The molecule has 6 nitrogen and oxygen atoms in total. The molecule has 2 rings (SSSR count). The summed E-state index contributed by atoms with van der Waals surface area (Å²) in [6.07, 6.45) is 2.13. The lowest BCUT2D eigenvalue weighted by molar-refractivity contribution is -0.133. The second-order valence-corrected chi connectivity index (χ2v) is 5.80. The van der Waals surface area contributed by atoms with Crippen LogP contribution in [0.25, 0.3) is 0 Å². The average Bonchev–Trinajstić information content (AvgIpc) is 2.98. The summed E-state index contributed by atoms with van der Waals surface area (Å²) in [5.74, 6) is 0.146. The van der Waals surface area contributed by atoms with E-state index in [2.05, 4.69) is 5.32 Å². The number of rotatable bonds is 3. The Morgan fingerprint density at radius 1 is 1.00 bits per heavy atom. The van der Waals surface area contributed by atoms with Crippen LogP contribution in [0.4, 0.5) is 4.79 Å². The van der Waals surface area contributed by atoms with Crippen LogP contribution in [0.3, 0.4) is 0 Å². The fourth-order valence-electron chi connectivity index (χ4n) is 2.64. The Morgan fingerprint density at radius 2 is 1.60 bits per heavy atom. The van der Waals surface area contributed by atoms with Crippen LogP contribution in [0.2, 0.25) is 0 Å². The van der Waals surface area contributed by atoms with Crippen molar-refractivity contribution in [2.24, 2.45) is 5.92 Å². The van der Waals surface area contributed by atoms with E-state index in [9.17, 15) is 9.59 Å². The first-order valence-electron chi connectivity index (χ1n) is 7.51. The number of hydrogen-bond acceptors (Lipinski definition) is 3. The van der Waals surface area contributed by atoms with Crippen molar-refractivity contribution in [3.8, 4) is 0 Å². The number of urea groups is 1. The molecule has 1 N–H and O–H groups in total. The molecule has 6 heteroatoms. The summed E-state index contributed by atoms with van der Waals surface area (Å²) >= 11 is 0. The van der Waals surface area contributed by atoms with E-state index in [4.69, 9.17) is 4.74 Å². The molecule has 2 fully saturated rings. The molecule has 0 bridgehead atoms. The molecule has 0 aromatic rings. The largest absolute Gasteiger partial charge is 0.378 e. The molecular formula is C14H25N3O3. The lowest BCUT2D eigenvalue weighted by atomic mass is 10.0. The van der Waals surface area contributed by atoms with E-state index in [-0.39, 0.29) is 17.9 Å². The van der Waals surface area contributed by atoms with Gasteiger partial charge in [-0.25, -0.2) is 4.79 Å². The number of carbonyl (C=O) groups is 2. The van der Waals surface area contributed by atoms with Gasteiger partial charge in [-0.3, -0.25) is 4.79 Å². The molecule has 0 unspecified atom stereocenters. The summed E-state index contributed by atoms with van der Waals surface area (Å²) < 4.78 is 5.23. The van der Waals surface area contributed by atoms with Gasteiger partial charge in [0.2, 0.25) is 5.91 Å². The van der Waals surface area contributed by atoms with E-state index in [1.54, 1.807) is 4.90 Å². The van der Waals surface area contributed by atoms with Gasteiger partial charge < -0.3 is 19.9 Å². The Balaban J connectivity index is 1.94. The summed E-state index contributed by atoms with van der Waals surface area (Å²) in [5, 5.41) is 2.90. The van der Waals surface area contributed by atoms with Gasteiger partial charge in [0.25, 0.3) is 0 Å². The Hall–Kier alpha value is -1.30. The summed E-state index contributed by atoms with van der Waals surface area (Å²) in [6, 6.07) is -0.581. The van der Waals surface area contributed by atoms with Crippen molar-refractivity contribution in [3.05, 3.63) is 0 Å². The highest BCUT2D eigenvalue weighted by Crippen LogP contribution is 2.13. The van der Waals surface area contributed by atoms with Gasteiger partial charge in [-0.15, -0.1) is 0 Å². The molecule has 2 saturated heterocycles. The van der Waals surface area contributed by atoms with E-state index >= 15 is 0 Å². The minimum absolute atomic E-state index is 0.0547. The Bertz CT molecular complexity index is 348. The molecule has 3 amide bonds. The van der Waals surface area contributed by atoms with Crippen LogP contribution in [0, 0.1) is 5.92 Å². The minimum Gasteiger partial charge on any atom is -0.378 e. The van der Waals surface area contributed by atoms with Crippen molar-refractivity contribution in [2.45, 2.75) is 32.7 Å². The molecule has 1 atom stereocenters. The van der Waals surface area contributed by atoms with Crippen LogP contribution in [-0.4, -0.2) is 67.2 Å². The highest BCUT2D eigenvalue weighted by Gasteiger charge is 2.31. The van der Waals surface area contributed by atoms with Crippen LogP contribution in [0.1, 0.15) is 26.7 Å². The van der Waals surface area contributed by atoms with Crippen molar-refractivity contribution < 1.29 is 14.3 Å². The molecule has 2 aliphatic heterocycles. The molecule has 2 heterocycles. The molecule has 0 aromatic carbocycles. The maximum absolute atomic E-state index is 12.5. The summed E-state index contributed by atoms with van der Waals surface area (Å²) in [5.41, 5.74) is 0. The number of morpholine rings is 1. The number of amides is 3. The van der Waals surface area contributed by atoms with E-state index in [1.165, 1.54) is 0 Å². The highest BCUT2D eigenvalue weighted by molar-refractivity contribution is 5.87. The zero-order valence-corrected chi connectivity index (χ0v) is 12.4. The van der Waals surface area contributed by atoms with Gasteiger partial charge in [0.1, 0.15) is 6.04 Å². The third-order valence-corrected chi connectivity index (χ3v) is 3.93. The van der Waals surface area contributed by atoms with Crippen LogP contribution in [0.15, 0.2) is 0 Å². The molecule has 2 aliphatic rings. The maximum atomic E-state index is 12.5. The predicted octanol–water partition coefficient (Wildman–Crippen LogP) is 0.675. The molecule has 20 heavy (non-hydrogen) atoms. The van der Waals surface area contributed by atoms with E-state index in [0.29, 0.717) is 26.3 Å². The standard InChI is InChI=1S/C14H25N3O3/c1-11(2)12(13(18)16-5-3-4-6-16)15-14(19)17-7-9-20-10-8-17/h11-12H,3-10H2,1-2H3,(H,15,19)/t12-/m1/s1. The maximum Gasteiger partial charge on any atom is 0.318 e. The van der Waals surface area contributed by atoms with Crippen molar-refractivity contribution in [3.63, 3.8) is 0 Å². The highest BCUT2D eigenvalue weighted by atomic mass is 16.5. The van der Waals surface area contributed by atoms with Gasteiger partial charge in [-0.2, -0.15) is 0 Å². The molecule has 0 aromatic heterocycles. The van der Waals surface area contributed by atoms with Gasteiger partial charge in [0.15, 0.2) is 0 Å². The lowest BCUT2D eigenvalue weighted by Gasteiger charge is -2.31. The first-order valence-corrected chi connectivity index (χ1v) is 7.51. The molecule has 0 saturated carbocycles. The molecule has 0 spiro atoms. The van der Waals surface area contributed by atoms with Crippen LogP contribution < -0.4 is 5.32 Å². The smallest absolute Gasteiger partial charge is 0.318 e. The fraction of sp³-hybridized carbons (Fsp3) is 0.857. The zero-order chi connectivity index (χ0) is 14.5. The predicted molar refractivity (Wildman–Crippen MR) is 75.4 cm³/mol.